The second-order valence-corrected chi connectivity index (χ2v) is 8.07. The number of para-hydroxylation sites is 1. The second-order valence-electron chi connectivity index (χ2n) is 7.66. The van der Waals surface area contributed by atoms with Gasteiger partial charge in [-0.2, -0.15) is 4.98 Å². The first kappa shape index (κ1) is 18.1. The monoisotopic (exact) mass is 401 g/mol. The highest BCUT2D eigenvalue weighted by Crippen LogP contribution is 2.41. The Balaban J connectivity index is 1.74. The number of nitrogens with zero attached hydrogens (tertiary/aromatic N) is 3. The van der Waals surface area contributed by atoms with Crippen molar-refractivity contribution in [3.05, 3.63) is 98.8 Å². The standard InChI is InChI=1S/C24H20ClN3O/c1-15-6-7-16(14-26-15)12-21-19-11-10-18(17-8-9-17)13-23(19)28(24(29)27-21)22-5-3-2-4-20(22)25/h2-7,10-11,13-14,17H,8-9,12H2,1H3. The summed E-state index contributed by atoms with van der Waals surface area (Å²) in [6.07, 6.45) is 4.82. The van der Waals surface area contributed by atoms with Crippen LogP contribution in [0, 0.1) is 6.92 Å². The van der Waals surface area contributed by atoms with E-state index in [1.807, 2.05) is 43.5 Å². The van der Waals surface area contributed by atoms with E-state index in [4.69, 9.17) is 11.6 Å². The van der Waals surface area contributed by atoms with Crippen LogP contribution < -0.4 is 5.69 Å². The van der Waals surface area contributed by atoms with Crippen LogP contribution in [0.25, 0.3) is 16.6 Å². The van der Waals surface area contributed by atoms with Crippen LogP contribution in [0.2, 0.25) is 5.02 Å². The summed E-state index contributed by atoms with van der Waals surface area (Å²) in [5, 5.41) is 1.50. The molecular formula is C24H20ClN3O. The van der Waals surface area contributed by atoms with Crippen molar-refractivity contribution in [2.75, 3.05) is 0 Å². The molecule has 1 aliphatic rings. The van der Waals surface area contributed by atoms with Crippen LogP contribution in [0.4, 0.5) is 0 Å². The zero-order chi connectivity index (χ0) is 20.0. The van der Waals surface area contributed by atoms with Crippen molar-refractivity contribution in [2.24, 2.45) is 0 Å². The van der Waals surface area contributed by atoms with Gasteiger partial charge in [0.05, 0.1) is 21.9 Å². The Morgan fingerprint density at radius 2 is 1.93 bits per heavy atom. The summed E-state index contributed by atoms with van der Waals surface area (Å²) >= 11 is 6.43. The van der Waals surface area contributed by atoms with Crippen molar-refractivity contribution in [3.8, 4) is 5.69 Å². The van der Waals surface area contributed by atoms with E-state index in [1.54, 1.807) is 10.6 Å². The van der Waals surface area contributed by atoms with Crippen LogP contribution >= 0.6 is 11.6 Å². The van der Waals surface area contributed by atoms with Gasteiger partial charge >= 0.3 is 5.69 Å². The summed E-state index contributed by atoms with van der Waals surface area (Å²) in [7, 11) is 0. The average Bonchev–Trinajstić information content (AvgIpc) is 3.56. The number of aryl methyl sites for hydroxylation is 1. The van der Waals surface area contributed by atoms with Gasteiger partial charge in [0.1, 0.15) is 0 Å². The Kier molecular flexibility index (Phi) is 4.44. The molecule has 1 saturated carbocycles. The van der Waals surface area contributed by atoms with E-state index in [2.05, 4.69) is 28.2 Å². The predicted octanol–water partition coefficient (Wildman–Crippen LogP) is 5.21. The number of aromatic nitrogens is 3. The Morgan fingerprint density at radius 3 is 2.66 bits per heavy atom. The molecule has 4 aromatic rings. The van der Waals surface area contributed by atoms with Gasteiger partial charge in [0.15, 0.2) is 0 Å². The summed E-state index contributed by atoms with van der Waals surface area (Å²) in [6, 6.07) is 17.8. The van der Waals surface area contributed by atoms with E-state index >= 15 is 0 Å². The highest BCUT2D eigenvalue weighted by molar-refractivity contribution is 6.32. The summed E-state index contributed by atoms with van der Waals surface area (Å²) in [5.41, 5.74) is 5.24. The molecule has 2 heterocycles. The molecule has 144 valence electrons. The SMILES string of the molecule is Cc1ccc(Cc2nc(=O)n(-c3ccccc3Cl)c3cc(C4CC4)ccc23)cn1. The summed E-state index contributed by atoms with van der Waals surface area (Å²) in [6.45, 7) is 1.96. The quantitative estimate of drug-likeness (QED) is 0.471. The van der Waals surface area contributed by atoms with Gasteiger partial charge in [-0.05, 0) is 61.1 Å². The fraction of sp³-hybridized carbons (Fsp3) is 0.208. The van der Waals surface area contributed by atoms with Crippen LogP contribution in [0.15, 0.2) is 65.6 Å². The molecule has 0 saturated heterocycles. The first-order chi connectivity index (χ1) is 14.1. The molecule has 0 unspecified atom stereocenters. The lowest BCUT2D eigenvalue weighted by atomic mass is 10.0. The Labute approximate surface area is 173 Å². The Hall–Kier alpha value is -2.98. The molecule has 2 aromatic heterocycles. The number of hydrogen-bond acceptors (Lipinski definition) is 3. The van der Waals surface area contributed by atoms with Crippen molar-refractivity contribution in [2.45, 2.75) is 32.1 Å². The maximum Gasteiger partial charge on any atom is 0.352 e. The van der Waals surface area contributed by atoms with E-state index in [0.29, 0.717) is 23.0 Å². The molecule has 4 nitrogen and oxygen atoms in total. The van der Waals surface area contributed by atoms with Crippen LogP contribution in [0.1, 0.15) is 41.3 Å². The lowest BCUT2D eigenvalue weighted by molar-refractivity contribution is 0.916. The van der Waals surface area contributed by atoms with Gasteiger partial charge in [0.25, 0.3) is 0 Å². The summed E-state index contributed by atoms with van der Waals surface area (Å²) in [4.78, 5) is 21.9. The molecule has 0 amide bonds. The lowest BCUT2D eigenvalue weighted by Crippen LogP contribution is -2.24. The van der Waals surface area contributed by atoms with E-state index in [-0.39, 0.29) is 5.69 Å². The molecule has 5 heteroatoms. The van der Waals surface area contributed by atoms with Crippen molar-refractivity contribution in [3.63, 3.8) is 0 Å². The summed E-state index contributed by atoms with van der Waals surface area (Å²) in [5.74, 6) is 0.590. The smallest absolute Gasteiger partial charge is 0.261 e. The van der Waals surface area contributed by atoms with Crippen LogP contribution in [0.5, 0.6) is 0 Å². The fourth-order valence-electron chi connectivity index (χ4n) is 3.77. The van der Waals surface area contributed by atoms with Gasteiger partial charge < -0.3 is 0 Å². The third kappa shape index (κ3) is 3.45. The fourth-order valence-corrected chi connectivity index (χ4v) is 3.99. The molecule has 0 bridgehead atoms. The minimum atomic E-state index is -0.311. The van der Waals surface area contributed by atoms with Gasteiger partial charge in [-0.3, -0.25) is 9.55 Å². The zero-order valence-electron chi connectivity index (χ0n) is 16.1. The van der Waals surface area contributed by atoms with Gasteiger partial charge in [-0.1, -0.05) is 41.9 Å². The zero-order valence-corrected chi connectivity index (χ0v) is 16.9. The molecule has 1 fully saturated rings. The minimum Gasteiger partial charge on any atom is -0.261 e. The van der Waals surface area contributed by atoms with E-state index < -0.39 is 0 Å². The van der Waals surface area contributed by atoms with Gasteiger partial charge in [0, 0.05) is 23.7 Å². The average molecular weight is 402 g/mol. The highest BCUT2D eigenvalue weighted by Gasteiger charge is 2.24. The minimum absolute atomic E-state index is 0.311. The number of pyridine rings is 1. The molecule has 0 atom stereocenters. The van der Waals surface area contributed by atoms with Crippen LogP contribution in [-0.4, -0.2) is 14.5 Å². The highest BCUT2D eigenvalue weighted by atomic mass is 35.5. The van der Waals surface area contributed by atoms with Gasteiger partial charge in [-0.15, -0.1) is 0 Å². The number of hydrogen-bond donors (Lipinski definition) is 0. The number of benzene rings is 2. The lowest BCUT2D eigenvalue weighted by Gasteiger charge is -2.15. The second kappa shape index (κ2) is 7.12. The van der Waals surface area contributed by atoms with Crippen LogP contribution in [0.3, 0.4) is 0 Å². The van der Waals surface area contributed by atoms with E-state index in [9.17, 15) is 4.79 Å². The van der Waals surface area contributed by atoms with Crippen molar-refractivity contribution < 1.29 is 0 Å². The predicted molar refractivity (Wildman–Crippen MR) is 116 cm³/mol. The van der Waals surface area contributed by atoms with Crippen molar-refractivity contribution in [1.29, 1.82) is 0 Å². The van der Waals surface area contributed by atoms with Gasteiger partial charge in [0.2, 0.25) is 0 Å². The van der Waals surface area contributed by atoms with E-state index in [0.717, 1.165) is 27.9 Å². The van der Waals surface area contributed by atoms with Crippen molar-refractivity contribution >= 4 is 22.5 Å². The number of fused-ring (bicyclic) bond motifs is 1. The molecule has 5 rings (SSSR count). The maximum atomic E-state index is 13.1. The van der Waals surface area contributed by atoms with Crippen molar-refractivity contribution in [1.82, 2.24) is 14.5 Å². The Bertz CT molecular complexity index is 1270. The van der Waals surface area contributed by atoms with Gasteiger partial charge in [-0.25, -0.2) is 4.79 Å². The number of halogens is 1. The first-order valence-corrected chi connectivity index (χ1v) is 10.2. The molecule has 0 radical (unpaired) electrons. The topological polar surface area (TPSA) is 47.8 Å². The maximum absolute atomic E-state index is 13.1. The third-order valence-corrected chi connectivity index (χ3v) is 5.80. The molecule has 0 spiro atoms. The third-order valence-electron chi connectivity index (χ3n) is 5.48. The Morgan fingerprint density at radius 1 is 1.10 bits per heavy atom. The molecule has 29 heavy (non-hydrogen) atoms. The van der Waals surface area contributed by atoms with Crippen LogP contribution in [-0.2, 0) is 6.42 Å². The first-order valence-electron chi connectivity index (χ1n) is 9.82. The number of rotatable bonds is 4. The molecule has 0 N–H and O–H groups in total. The molecule has 0 aliphatic heterocycles. The molecule has 2 aromatic carbocycles. The molecular weight excluding hydrogens is 382 g/mol. The normalized spacial score (nSPS) is 13.7. The largest absolute Gasteiger partial charge is 0.352 e. The summed E-state index contributed by atoms with van der Waals surface area (Å²) < 4.78 is 1.64. The molecule has 1 aliphatic carbocycles. The van der Waals surface area contributed by atoms with E-state index in [1.165, 1.54) is 18.4 Å².